The normalized spacial score (nSPS) is 52.9. The molecule has 206 valence electrons. The van der Waals surface area contributed by atoms with Crippen molar-refractivity contribution in [2.24, 2.45) is 61.7 Å². The Balaban J connectivity index is 1.36. The number of carbonyl (C=O) groups is 1. The van der Waals surface area contributed by atoms with Gasteiger partial charge >= 0.3 is 5.97 Å². The highest BCUT2D eigenvalue weighted by Gasteiger charge is 2.72. The van der Waals surface area contributed by atoms with Gasteiger partial charge in [-0.25, -0.2) is 4.79 Å². The van der Waals surface area contributed by atoms with Crippen molar-refractivity contribution < 1.29 is 14.3 Å². The highest BCUT2D eigenvalue weighted by molar-refractivity contribution is 5.66. The Morgan fingerprint density at radius 3 is 2.14 bits per heavy atom. The molecule has 0 bridgehead atoms. The quantitative estimate of drug-likeness (QED) is 0.221. The first kappa shape index (κ1) is 26.1. The predicted molar refractivity (Wildman–Crippen MR) is 145 cm³/mol. The number of rotatable bonds is 3. The molecule has 0 N–H and O–H groups in total. The minimum atomic E-state index is -0.142. The van der Waals surface area contributed by atoms with E-state index in [0.29, 0.717) is 39.9 Å². The SMILES string of the molecule is CC(=O)O[C@H]1CC[C@]2(C)[C@H]3CC[C@@H]4[C@H]5C(C6(C)CC6)CC[C@]5(N=C=O)CC[C@@]4(C)[C@]3(C)CC[C@H]2C1(C)C. The Labute approximate surface area is 225 Å². The lowest BCUT2D eigenvalue weighted by atomic mass is 9.32. The summed E-state index contributed by atoms with van der Waals surface area (Å²) in [5.41, 5.74) is 1.23. The summed E-state index contributed by atoms with van der Waals surface area (Å²) in [6.45, 7) is 16.8. The van der Waals surface area contributed by atoms with E-state index in [-0.39, 0.29) is 28.4 Å². The van der Waals surface area contributed by atoms with Crippen LogP contribution in [0.25, 0.3) is 0 Å². The number of carbonyl (C=O) groups excluding carboxylic acids is 2. The van der Waals surface area contributed by atoms with Crippen molar-refractivity contribution in [2.45, 2.75) is 137 Å². The molecule has 0 spiro atoms. The standard InChI is InChI=1S/C33H51NO3/c1-21(36)37-26-12-13-30(5)24(28(26,2)3)11-14-32(7)25(30)9-8-23-27-22(29(4)16-17-29)10-15-33(27,34-20-35)19-18-31(23,32)6/h22-27H,8-19H2,1-7H3/t22?,23-,24+,25-,26+,27-,30+,31-,32-,33+/m1/s1. The van der Waals surface area contributed by atoms with E-state index in [9.17, 15) is 9.59 Å². The lowest BCUT2D eigenvalue weighted by Crippen LogP contribution is -2.67. The van der Waals surface area contributed by atoms with E-state index < -0.39 is 0 Å². The number of hydrogen-bond acceptors (Lipinski definition) is 4. The maximum Gasteiger partial charge on any atom is 0.302 e. The third-order valence-corrected chi connectivity index (χ3v) is 14.8. The van der Waals surface area contributed by atoms with Crippen LogP contribution in [0.15, 0.2) is 4.99 Å². The van der Waals surface area contributed by atoms with Crippen molar-refractivity contribution in [1.82, 2.24) is 0 Å². The van der Waals surface area contributed by atoms with Crippen LogP contribution < -0.4 is 0 Å². The van der Waals surface area contributed by atoms with E-state index in [0.717, 1.165) is 25.2 Å². The molecule has 6 aliphatic rings. The van der Waals surface area contributed by atoms with E-state index in [4.69, 9.17) is 9.73 Å². The molecule has 0 amide bonds. The largest absolute Gasteiger partial charge is 0.462 e. The van der Waals surface area contributed by atoms with Crippen molar-refractivity contribution in [3.8, 4) is 0 Å². The summed E-state index contributed by atoms with van der Waals surface area (Å²) in [5, 5.41) is 0. The molecule has 6 rings (SSSR count). The minimum Gasteiger partial charge on any atom is -0.462 e. The Morgan fingerprint density at radius 2 is 1.49 bits per heavy atom. The monoisotopic (exact) mass is 509 g/mol. The van der Waals surface area contributed by atoms with Crippen LogP contribution in [0, 0.1) is 56.7 Å². The molecule has 4 nitrogen and oxygen atoms in total. The zero-order valence-electron chi connectivity index (χ0n) is 24.6. The van der Waals surface area contributed by atoms with Crippen molar-refractivity contribution in [2.75, 3.05) is 0 Å². The Kier molecular flexibility index (Phi) is 5.61. The zero-order valence-corrected chi connectivity index (χ0v) is 24.6. The van der Waals surface area contributed by atoms with E-state index in [1.807, 2.05) is 0 Å². The number of isocyanates is 1. The van der Waals surface area contributed by atoms with E-state index in [1.54, 1.807) is 6.92 Å². The molecule has 0 heterocycles. The van der Waals surface area contributed by atoms with Crippen molar-refractivity contribution in [1.29, 1.82) is 0 Å². The minimum absolute atomic E-state index is 0.00919. The number of ether oxygens (including phenoxy) is 1. The lowest BCUT2D eigenvalue weighted by molar-refractivity contribution is -0.246. The van der Waals surface area contributed by atoms with Gasteiger partial charge in [-0.2, -0.15) is 4.99 Å². The number of fused-ring (bicyclic) bond motifs is 7. The summed E-state index contributed by atoms with van der Waals surface area (Å²) in [4.78, 5) is 28.4. The Hall–Kier alpha value is -1.15. The summed E-state index contributed by atoms with van der Waals surface area (Å²) in [6.07, 6.45) is 16.7. The molecule has 0 saturated heterocycles. The van der Waals surface area contributed by atoms with Crippen LogP contribution in [-0.2, 0) is 14.3 Å². The first-order valence-electron chi connectivity index (χ1n) is 15.5. The first-order chi connectivity index (χ1) is 17.3. The van der Waals surface area contributed by atoms with Crippen molar-refractivity contribution in [3.05, 3.63) is 0 Å². The van der Waals surface area contributed by atoms with Gasteiger partial charge in [0, 0.05) is 12.3 Å². The van der Waals surface area contributed by atoms with Crippen LogP contribution in [0.1, 0.15) is 126 Å². The number of esters is 1. The summed E-state index contributed by atoms with van der Waals surface area (Å²) >= 11 is 0. The molecule has 1 unspecified atom stereocenters. The van der Waals surface area contributed by atoms with E-state index in [1.165, 1.54) is 57.8 Å². The molecule has 6 aliphatic carbocycles. The van der Waals surface area contributed by atoms with Crippen LogP contribution >= 0.6 is 0 Å². The van der Waals surface area contributed by atoms with Crippen LogP contribution in [0.2, 0.25) is 0 Å². The van der Waals surface area contributed by atoms with Gasteiger partial charge < -0.3 is 4.74 Å². The average molecular weight is 510 g/mol. The van der Waals surface area contributed by atoms with Crippen LogP contribution in [0.4, 0.5) is 0 Å². The van der Waals surface area contributed by atoms with E-state index >= 15 is 0 Å². The molecule has 0 aromatic heterocycles. The third kappa shape index (κ3) is 3.29. The molecule has 6 saturated carbocycles. The van der Waals surface area contributed by atoms with Crippen molar-refractivity contribution in [3.63, 3.8) is 0 Å². The molecule has 0 aromatic rings. The molecule has 0 aromatic carbocycles. The summed E-state index contributed by atoms with van der Waals surface area (Å²) in [7, 11) is 0. The molecule has 6 fully saturated rings. The van der Waals surface area contributed by atoms with E-state index in [2.05, 4.69) is 47.6 Å². The second kappa shape index (κ2) is 7.96. The fourth-order valence-corrected chi connectivity index (χ4v) is 12.6. The fraction of sp³-hybridized carbons (Fsp3) is 0.939. The summed E-state index contributed by atoms with van der Waals surface area (Å²) in [6, 6.07) is 0. The van der Waals surface area contributed by atoms with Crippen LogP contribution in [0.5, 0.6) is 0 Å². The topological polar surface area (TPSA) is 55.7 Å². The third-order valence-electron chi connectivity index (χ3n) is 14.8. The zero-order chi connectivity index (χ0) is 26.6. The number of hydrogen-bond donors (Lipinski definition) is 0. The predicted octanol–water partition coefficient (Wildman–Crippen LogP) is 7.89. The van der Waals surface area contributed by atoms with Gasteiger partial charge in [0.05, 0.1) is 5.54 Å². The molecular weight excluding hydrogens is 458 g/mol. The summed E-state index contributed by atoms with van der Waals surface area (Å²) in [5.74, 6) is 3.10. The molecule has 37 heavy (non-hydrogen) atoms. The van der Waals surface area contributed by atoms with Gasteiger partial charge in [-0.05, 0) is 128 Å². The Bertz CT molecular complexity index is 1020. The summed E-state index contributed by atoms with van der Waals surface area (Å²) < 4.78 is 5.92. The molecule has 10 atom stereocenters. The molecule has 0 radical (unpaired) electrons. The molecular formula is C33H51NO3. The highest BCUT2D eigenvalue weighted by atomic mass is 16.5. The molecule has 4 heteroatoms. The lowest BCUT2D eigenvalue weighted by Gasteiger charge is -2.72. The van der Waals surface area contributed by atoms with Gasteiger partial charge in [-0.3, -0.25) is 4.79 Å². The molecule has 0 aliphatic heterocycles. The van der Waals surface area contributed by atoms with Gasteiger partial charge in [-0.1, -0.05) is 41.5 Å². The second-order valence-corrected chi connectivity index (χ2v) is 16.3. The van der Waals surface area contributed by atoms with Crippen LogP contribution in [0.3, 0.4) is 0 Å². The average Bonchev–Trinajstić information content (AvgIpc) is 3.44. The highest BCUT2D eigenvalue weighted by Crippen LogP contribution is 2.78. The van der Waals surface area contributed by atoms with Gasteiger partial charge in [-0.15, -0.1) is 0 Å². The fourth-order valence-electron chi connectivity index (χ4n) is 12.6. The smallest absolute Gasteiger partial charge is 0.302 e. The van der Waals surface area contributed by atoms with Gasteiger partial charge in [0.15, 0.2) is 0 Å². The van der Waals surface area contributed by atoms with Crippen LogP contribution in [-0.4, -0.2) is 23.7 Å². The van der Waals surface area contributed by atoms with Gasteiger partial charge in [0.1, 0.15) is 6.10 Å². The first-order valence-corrected chi connectivity index (χ1v) is 15.5. The van der Waals surface area contributed by atoms with Gasteiger partial charge in [0.2, 0.25) is 6.08 Å². The number of nitrogens with zero attached hydrogens (tertiary/aromatic N) is 1. The Morgan fingerprint density at radius 1 is 0.757 bits per heavy atom. The number of aliphatic imine (C=N–C) groups is 1. The van der Waals surface area contributed by atoms with Gasteiger partial charge in [0.25, 0.3) is 0 Å². The maximum absolute atomic E-state index is 11.9. The maximum atomic E-state index is 11.9. The van der Waals surface area contributed by atoms with Crippen molar-refractivity contribution >= 4 is 12.0 Å². The second-order valence-electron chi connectivity index (χ2n) is 16.3.